The Morgan fingerprint density at radius 3 is 2.70 bits per heavy atom. The molecule has 20 heavy (non-hydrogen) atoms. The van der Waals surface area contributed by atoms with E-state index in [-0.39, 0.29) is 5.91 Å². The molecule has 0 radical (unpaired) electrons. The van der Waals surface area contributed by atoms with Crippen LogP contribution in [0, 0.1) is 6.92 Å². The number of nitrogens with two attached hydrogens (primary N) is 1. The molecule has 5 heteroatoms. The van der Waals surface area contributed by atoms with Gasteiger partial charge in [-0.1, -0.05) is 19.8 Å². The maximum atomic E-state index is 12.4. The Bertz CT molecular complexity index is 489. The fourth-order valence-corrected chi connectivity index (χ4v) is 3.15. The van der Waals surface area contributed by atoms with Gasteiger partial charge in [0, 0.05) is 17.1 Å². The molecular formula is C15H24N2O2S. The van der Waals surface area contributed by atoms with Gasteiger partial charge >= 0.3 is 0 Å². The van der Waals surface area contributed by atoms with Crippen molar-refractivity contribution in [3.05, 3.63) is 23.8 Å². The highest BCUT2D eigenvalue weighted by Gasteiger charge is 2.22. The lowest BCUT2D eigenvalue weighted by atomic mass is 10.2. The lowest BCUT2D eigenvalue weighted by Crippen LogP contribution is -2.36. The first-order valence-electron chi connectivity index (χ1n) is 7.01. The molecule has 1 aromatic rings. The van der Waals surface area contributed by atoms with E-state index in [0.29, 0.717) is 17.1 Å². The van der Waals surface area contributed by atoms with Crippen molar-refractivity contribution < 1.29 is 9.00 Å². The monoisotopic (exact) mass is 296 g/mol. The van der Waals surface area contributed by atoms with Crippen LogP contribution in [0.3, 0.4) is 0 Å². The molecular weight excluding hydrogens is 272 g/mol. The quantitative estimate of drug-likeness (QED) is 0.599. The topological polar surface area (TPSA) is 72.2 Å². The van der Waals surface area contributed by atoms with E-state index in [2.05, 4.69) is 12.2 Å². The third-order valence-electron chi connectivity index (χ3n) is 3.19. The van der Waals surface area contributed by atoms with Crippen LogP contribution in [0.15, 0.2) is 23.1 Å². The Balaban J connectivity index is 2.64. The zero-order chi connectivity index (χ0) is 15.1. The summed E-state index contributed by atoms with van der Waals surface area (Å²) < 4.78 is 12.4. The van der Waals surface area contributed by atoms with Gasteiger partial charge in [-0.3, -0.25) is 9.00 Å². The molecule has 0 aromatic heterocycles. The fraction of sp³-hybridized carbons (Fsp3) is 0.533. The number of carbonyl (C=O) groups excluding carboxylic acids is 1. The van der Waals surface area contributed by atoms with Gasteiger partial charge in [0.25, 0.3) is 0 Å². The van der Waals surface area contributed by atoms with Crippen molar-refractivity contribution in [3.63, 3.8) is 0 Å². The summed E-state index contributed by atoms with van der Waals surface area (Å²) in [6, 6.07) is 5.23. The number of nitrogens with one attached hydrogen (secondary N) is 1. The molecule has 1 amide bonds. The second-order valence-corrected chi connectivity index (χ2v) is 6.70. The van der Waals surface area contributed by atoms with Crippen LogP contribution in [0.25, 0.3) is 0 Å². The first-order valence-corrected chi connectivity index (χ1v) is 8.23. The molecule has 0 bridgehead atoms. The van der Waals surface area contributed by atoms with Crippen LogP contribution in [-0.2, 0) is 15.6 Å². The van der Waals surface area contributed by atoms with Gasteiger partial charge in [0.15, 0.2) is 0 Å². The minimum atomic E-state index is -1.35. The van der Waals surface area contributed by atoms with Crippen molar-refractivity contribution >= 4 is 22.4 Å². The summed E-state index contributed by atoms with van der Waals surface area (Å²) in [5, 5.41) is 2.29. The molecule has 3 N–H and O–H groups in total. The largest absolute Gasteiger partial charge is 0.399 e. The number of hydrogen-bond acceptors (Lipinski definition) is 3. The van der Waals surface area contributed by atoms with E-state index in [0.717, 1.165) is 24.8 Å². The zero-order valence-corrected chi connectivity index (χ0v) is 13.3. The van der Waals surface area contributed by atoms with Crippen LogP contribution < -0.4 is 11.1 Å². The molecule has 1 aromatic carbocycles. The molecule has 0 heterocycles. The van der Waals surface area contributed by atoms with Gasteiger partial charge in [0.05, 0.1) is 10.8 Å². The van der Waals surface area contributed by atoms with E-state index in [1.54, 1.807) is 25.1 Å². The number of nitrogen functional groups attached to an aromatic ring is 1. The predicted octanol–water partition coefficient (Wildman–Crippen LogP) is 2.38. The maximum Gasteiger partial charge on any atom is 0.235 e. The molecule has 0 aliphatic rings. The van der Waals surface area contributed by atoms with Crippen LogP contribution in [0.1, 0.15) is 38.7 Å². The number of unbranched alkanes of at least 4 members (excludes halogenated alkanes) is 2. The average Bonchev–Trinajstić information content (AvgIpc) is 2.42. The van der Waals surface area contributed by atoms with Crippen LogP contribution in [0.2, 0.25) is 0 Å². The lowest BCUT2D eigenvalue weighted by Gasteiger charge is -2.14. The third kappa shape index (κ3) is 4.63. The van der Waals surface area contributed by atoms with Crippen LogP contribution in [0.4, 0.5) is 5.69 Å². The highest BCUT2D eigenvalue weighted by atomic mass is 32.2. The number of benzene rings is 1. The summed E-state index contributed by atoms with van der Waals surface area (Å²) in [4.78, 5) is 12.6. The van der Waals surface area contributed by atoms with Gasteiger partial charge in [0.2, 0.25) is 5.91 Å². The highest BCUT2D eigenvalue weighted by Crippen LogP contribution is 2.19. The summed E-state index contributed by atoms with van der Waals surface area (Å²) in [7, 11) is -1.35. The van der Waals surface area contributed by atoms with E-state index in [1.165, 1.54) is 0 Å². The summed E-state index contributed by atoms with van der Waals surface area (Å²) in [5.74, 6) is -0.157. The molecule has 0 saturated carbocycles. The molecule has 0 aliphatic heterocycles. The van der Waals surface area contributed by atoms with E-state index < -0.39 is 16.0 Å². The van der Waals surface area contributed by atoms with Gasteiger partial charge in [-0.25, -0.2) is 0 Å². The van der Waals surface area contributed by atoms with Crippen LogP contribution in [0.5, 0.6) is 0 Å². The molecule has 0 fully saturated rings. The highest BCUT2D eigenvalue weighted by molar-refractivity contribution is 7.86. The molecule has 0 spiro atoms. The number of hydrogen-bond donors (Lipinski definition) is 2. The summed E-state index contributed by atoms with van der Waals surface area (Å²) in [5.41, 5.74) is 7.17. The van der Waals surface area contributed by atoms with Crippen molar-refractivity contribution in [1.82, 2.24) is 5.32 Å². The van der Waals surface area contributed by atoms with Gasteiger partial charge in [-0.2, -0.15) is 0 Å². The van der Waals surface area contributed by atoms with Gasteiger partial charge in [-0.05, 0) is 44.0 Å². The Morgan fingerprint density at radius 2 is 2.10 bits per heavy atom. The van der Waals surface area contributed by atoms with Crippen LogP contribution >= 0.6 is 0 Å². The summed E-state index contributed by atoms with van der Waals surface area (Å²) in [6.45, 7) is 6.31. The number of carbonyl (C=O) groups is 1. The first-order chi connectivity index (χ1) is 9.47. The molecule has 0 saturated heterocycles. The Morgan fingerprint density at radius 1 is 1.40 bits per heavy atom. The molecule has 112 valence electrons. The van der Waals surface area contributed by atoms with Crippen molar-refractivity contribution in [2.24, 2.45) is 0 Å². The Labute approximate surface area is 123 Å². The summed E-state index contributed by atoms with van der Waals surface area (Å²) >= 11 is 0. The Hall–Kier alpha value is -1.36. The lowest BCUT2D eigenvalue weighted by molar-refractivity contribution is -0.120. The molecule has 2 unspecified atom stereocenters. The zero-order valence-electron chi connectivity index (χ0n) is 12.4. The van der Waals surface area contributed by atoms with Gasteiger partial charge < -0.3 is 11.1 Å². The van der Waals surface area contributed by atoms with Crippen molar-refractivity contribution in [2.45, 2.75) is 50.2 Å². The average molecular weight is 296 g/mol. The van der Waals surface area contributed by atoms with E-state index in [4.69, 9.17) is 5.73 Å². The minimum absolute atomic E-state index is 0.157. The second-order valence-electron chi connectivity index (χ2n) is 4.96. The van der Waals surface area contributed by atoms with Gasteiger partial charge in [-0.15, -0.1) is 0 Å². The maximum absolute atomic E-state index is 12.4. The van der Waals surface area contributed by atoms with Crippen molar-refractivity contribution in [1.29, 1.82) is 0 Å². The second kappa shape index (κ2) is 8.04. The van der Waals surface area contributed by atoms with E-state index >= 15 is 0 Å². The smallest absolute Gasteiger partial charge is 0.235 e. The van der Waals surface area contributed by atoms with E-state index in [9.17, 15) is 9.00 Å². The number of anilines is 1. The molecule has 0 aliphatic carbocycles. The van der Waals surface area contributed by atoms with E-state index in [1.807, 2.05) is 6.92 Å². The molecule has 1 rings (SSSR count). The number of rotatable bonds is 7. The minimum Gasteiger partial charge on any atom is -0.399 e. The number of amides is 1. The van der Waals surface area contributed by atoms with Crippen molar-refractivity contribution in [2.75, 3.05) is 12.3 Å². The third-order valence-corrected chi connectivity index (χ3v) is 4.93. The summed E-state index contributed by atoms with van der Waals surface area (Å²) in [6.07, 6.45) is 3.17. The normalized spacial score (nSPS) is 13.8. The fourth-order valence-electron chi connectivity index (χ4n) is 1.92. The molecule has 2 atom stereocenters. The van der Waals surface area contributed by atoms with Gasteiger partial charge in [0.1, 0.15) is 5.25 Å². The standard InChI is InChI=1S/C15H24N2O2S/c1-4-5-6-9-17-15(18)12(3)20(19)14-8-7-13(16)10-11(14)2/h7-8,10,12H,4-6,9,16H2,1-3H3,(H,17,18). The predicted molar refractivity (Wildman–Crippen MR) is 84.0 cm³/mol. The Kier molecular flexibility index (Phi) is 6.71. The first kappa shape index (κ1) is 16.7. The number of aryl methyl sites for hydroxylation is 1. The SMILES string of the molecule is CCCCCNC(=O)C(C)S(=O)c1ccc(N)cc1C. The van der Waals surface area contributed by atoms with Crippen LogP contribution in [-0.4, -0.2) is 21.9 Å². The molecule has 4 nitrogen and oxygen atoms in total. The van der Waals surface area contributed by atoms with Crippen molar-refractivity contribution in [3.8, 4) is 0 Å².